The molecular weight excluding hydrogens is 664 g/mol. The molecule has 0 amide bonds. The molecule has 14 nitrogen and oxygen atoms in total. The Morgan fingerprint density at radius 3 is 2.38 bits per heavy atom. The Morgan fingerprint density at radius 2 is 1.81 bits per heavy atom. The summed E-state index contributed by atoms with van der Waals surface area (Å²) in [5.41, 5.74) is 2.91. The summed E-state index contributed by atoms with van der Waals surface area (Å²) in [6, 6.07) is 7.95. The van der Waals surface area contributed by atoms with E-state index in [1.54, 1.807) is 13.8 Å². The van der Waals surface area contributed by atoms with E-state index in [0.29, 0.717) is 4.57 Å². The normalized spacial score (nSPS) is 20.7. The maximum absolute atomic E-state index is 15.0. The number of hydrogen-bond acceptors (Lipinski definition) is 11. The first kappa shape index (κ1) is 35.8. The van der Waals surface area contributed by atoms with Crippen molar-refractivity contribution in [2.24, 2.45) is 0 Å². The second-order valence-corrected chi connectivity index (χ2v) is 12.1. The quantitative estimate of drug-likeness (QED) is 0.105. The van der Waals surface area contributed by atoms with Gasteiger partial charge in [-0.2, -0.15) is 26.9 Å². The van der Waals surface area contributed by atoms with Crippen LogP contribution in [0.3, 0.4) is 0 Å². The highest BCUT2D eigenvalue weighted by atomic mass is 31.2. The van der Waals surface area contributed by atoms with Crippen molar-refractivity contribution in [1.82, 2.24) is 14.2 Å². The van der Waals surface area contributed by atoms with Gasteiger partial charge in [-0.05, 0) is 48.0 Å². The maximum atomic E-state index is 15.0. The average molecular weight is 694 g/mol. The first-order valence-electron chi connectivity index (χ1n) is 13.8. The van der Waals surface area contributed by atoms with E-state index in [-0.39, 0.29) is 36.0 Å². The van der Waals surface area contributed by atoms with E-state index in [4.69, 9.17) is 24.3 Å². The standard InChI is InChI=1S/C27H29F5N5O9P/c1-3-35(4-2)47(42,44-15-21-23(38)26(28,29)24(46-21)36-12-11-22(33)34-25(36)39)43-14-16-5-10-19(37(40)41)20(13-16)45-18-8-6-17(7-9-18)27(30,31)32/h5-13,21,23-24,38H,3-4,14-15H2,1-2H3,(H2,33,34,39). The molecule has 2 aromatic carbocycles. The summed E-state index contributed by atoms with van der Waals surface area (Å²) in [6.07, 6.45) is -10.3. The van der Waals surface area contributed by atoms with Crippen molar-refractivity contribution >= 4 is 19.3 Å². The summed E-state index contributed by atoms with van der Waals surface area (Å²) in [5.74, 6) is -4.73. The average Bonchev–Trinajstić information content (AvgIpc) is 3.23. The van der Waals surface area contributed by atoms with Crippen LogP contribution < -0.4 is 16.2 Å². The van der Waals surface area contributed by atoms with Crippen molar-refractivity contribution < 1.29 is 55.1 Å². The number of halogens is 5. The highest BCUT2D eigenvalue weighted by Crippen LogP contribution is 2.54. The lowest BCUT2D eigenvalue weighted by molar-refractivity contribution is -0.385. The lowest BCUT2D eigenvalue weighted by atomic mass is 10.1. The number of nitro benzene ring substituents is 1. The van der Waals surface area contributed by atoms with Gasteiger partial charge < -0.3 is 20.3 Å². The van der Waals surface area contributed by atoms with Crippen LogP contribution in [0.25, 0.3) is 0 Å². The highest BCUT2D eigenvalue weighted by Gasteiger charge is 2.60. The van der Waals surface area contributed by atoms with E-state index < -0.39 is 73.4 Å². The number of benzene rings is 2. The lowest BCUT2D eigenvalue weighted by Crippen LogP contribution is -2.42. The molecule has 0 aliphatic carbocycles. The third-order valence-electron chi connectivity index (χ3n) is 6.99. The Kier molecular flexibility index (Phi) is 10.7. The van der Waals surface area contributed by atoms with Crippen LogP contribution in [0.1, 0.15) is 31.2 Å². The number of hydrogen-bond donors (Lipinski definition) is 2. The van der Waals surface area contributed by atoms with Crippen molar-refractivity contribution in [1.29, 1.82) is 0 Å². The molecular formula is C27H29F5N5O9P. The second kappa shape index (κ2) is 14.0. The molecule has 2 heterocycles. The highest BCUT2D eigenvalue weighted by molar-refractivity contribution is 7.51. The molecule has 4 atom stereocenters. The van der Waals surface area contributed by atoms with Gasteiger partial charge in [-0.1, -0.05) is 13.8 Å². The van der Waals surface area contributed by atoms with Gasteiger partial charge in [0.05, 0.1) is 23.7 Å². The first-order chi connectivity index (χ1) is 22.0. The maximum Gasteiger partial charge on any atom is 0.416 e. The number of anilines is 1. The number of nitrogens with two attached hydrogens (primary N) is 1. The predicted molar refractivity (Wildman–Crippen MR) is 154 cm³/mol. The Bertz CT molecular complexity index is 1690. The van der Waals surface area contributed by atoms with E-state index in [9.17, 15) is 46.5 Å². The number of nitro groups is 1. The molecule has 0 saturated carbocycles. The number of nitrogen functional groups attached to an aromatic ring is 1. The molecule has 4 rings (SSSR count). The van der Waals surface area contributed by atoms with Crippen molar-refractivity contribution in [3.8, 4) is 11.5 Å². The van der Waals surface area contributed by atoms with Gasteiger partial charge in [0.1, 0.15) is 17.7 Å². The summed E-state index contributed by atoms with van der Waals surface area (Å²) < 4.78 is 106. The molecule has 1 aliphatic heterocycles. The monoisotopic (exact) mass is 693 g/mol. The van der Waals surface area contributed by atoms with Crippen molar-refractivity contribution in [2.75, 3.05) is 25.4 Å². The largest absolute Gasteiger partial charge is 0.450 e. The smallest absolute Gasteiger partial charge is 0.416 e. The fourth-order valence-electron chi connectivity index (χ4n) is 4.52. The van der Waals surface area contributed by atoms with Gasteiger partial charge in [0.15, 0.2) is 6.10 Å². The topological polar surface area (TPSA) is 182 Å². The van der Waals surface area contributed by atoms with Crippen LogP contribution in [-0.4, -0.2) is 62.1 Å². The van der Waals surface area contributed by atoms with E-state index >= 15 is 0 Å². The van der Waals surface area contributed by atoms with E-state index in [1.165, 1.54) is 10.7 Å². The number of nitrogens with zero attached hydrogens (tertiary/aromatic N) is 4. The number of rotatable bonds is 13. The molecule has 256 valence electrons. The molecule has 1 saturated heterocycles. The molecule has 20 heteroatoms. The second-order valence-electron chi connectivity index (χ2n) is 10.0. The SMILES string of the molecule is CCN(CC)P(=O)(OCc1ccc([N+](=O)[O-])c(Oc2ccc(C(F)(F)F)cc2)c1)OCC1OC(n2ccc(N)nc2=O)C(F)(F)C1O. The lowest BCUT2D eigenvalue weighted by Gasteiger charge is -2.29. The molecule has 1 fully saturated rings. The Hall–Kier alpha value is -4.00. The third-order valence-corrected chi connectivity index (χ3v) is 9.18. The van der Waals surface area contributed by atoms with E-state index in [1.807, 2.05) is 0 Å². The number of ether oxygens (including phenoxy) is 2. The molecule has 0 radical (unpaired) electrons. The van der Waals surface area contributed by atoms with Gasteiger partial charge in [0.2, 0.25) is 12.0 Å². The molecule has 4 unspecified atom stereocenters. The molecule has 3 N–H and O–H groups in total. The minimum absolute atomic E-state index is 0.0929. The third kappa shape index (κ3) is 7.94. The van der Waals surface area contributed by atoms with Crippen LogP contribution in [0.15, 0.2) is 59.5 Å². The van der Waals surface area contributed by atoms with E-state index in [2.05, 4.69) is 4.98 Å². The first-order valence-corrected chi connectivity index (χ1v) is 15.3. The molecule has 47 heavy (non-hydrogen) atoms. The van der Waals surface area contributed by atoms with Crippen LogP contribution in [0.2, 0.25) is 0 Å². The summed E-state index contributed by atoms with van der Waals surface area (Å²) in [6.45, 7) is 2.01. The van der Waals surface area contributed by atoms with Gasteiger partial charge in [0, 0.05) is 25.4 Å². The molecule has 1 aromatic heterocycles. The fraction of sp³-hybridized carbons (Fsp3) is 0.407. The summed E-state index contributed by atoms with van der Waals surface area (Å²) in [4.78, 5) is 26.3. The van der Waals surface area contributed by atoms with Gasteiger partial charge in [-0.3, -0.25) is 23.7 Å². The number of alkyl halides is 5. The van der Waals surface area contributed by atoms with Gasteiger partial charge in [-0.25, -0.2) is 14.0 Å². The summed E-state index contributed by atoms with van der Waals surface area (Å²) in [7, 11) is -4.34. The predicted octanol–water partition coefficient (Wildman–Crippen LogP) is 5.12. The summed E-state index contributed by atoms with van der Waals surface area (Å²) in [5, 5.41) is 21.9. The minimum Gasteiger partial charge on any atom is -0.450 e. The van der Waals surface area contributed by atoms with Crippen LogP contribution >= 0.6 is 7.75 Å². The number of aromatic nitrogens is 2. The van der Waals surface area contributed by atoms with E-state index in [0.717, 1.165) is 48.7 Å². The number of aliphatic hydroxyl groups is 1. The van der Waals surface area contributed by atoms with Gasteiger partial charge in [-0.15, -0.1) is 0 Å². The fourth-order valence-corrected chi connectivity index (χ4v) is 6.27. The van der Waals surface area contributed by atoms with Crippen LogP contribution in [0.4, 0.5) is 33.5 Å². The zero-order valence-electron chi connectivity index (χ0n) is 24.7. The molecule has 0 bridgehead atoms. The number of aliphatic hydroxyl groups excluding tert-OH is 1. The van der Waals surface area contributed by atoms with Crippen molar-refractivity contribution in [3.63, 3.8) is 0 Å². The van der Waals surface area contributed by atoms with Crippen LogP contribution in [0, 0.1) is 10.1 Å². The molecule has 3 aromatic rings. The Labute approximate surface area is 263 Å². The van der Waals surface area contributed by atoms with Crippen LogP contribution in [-0.2, 0) is 31.1 Å². The van der Waals surface area contributed by atoms with Gasteiger partial charge >= 0.3 is 31.2 Å². The zero-order valence-corrected chi connectivity index (χ0v) is 25.6. The Balaban J connectivity index is 1.52. The summed E-state index contributed by atoms with van der Waals surface area (Å²) >= 11 is 0. The minimum atomic E-state index is -4.61. The Morgan fingerprint density at radius 1 is 1.15 bits per heavy atom. The molecule has 1 aliphatic rings. The molecule has 0 spiro atoms. The van der Waals surface area contributed by atoms with Crippen LogP contribution in [0.5, 0.6) is 11.5 Å². The zero-order chi connectivity index (χ0) is 34.7. The van der Waals surface area contributed by atoms with Crippen molar-refractivity contribution in [2.45, 2.75) is 51.0 Å². The van der Waals surface area contributed by atoms with Crippen molar-refractivity contribution in [3.05, 3.63) is 86.5 Å². The van der Waals surface area contributed by atoms with Gasteiger partial charge in [0.25, 0.3) is 0 Å².